The fourth-order valence-electron chi connectivity index (χ4n) is 1.99. The number of halogens is 1. The van der Waals surface area contributed by atoms with Crippen molar-refractivity contribution < 1.29 is 8.42 Å². The summed E-state index contributed by atoms with van der Waals surface area (Å²) in [4.78, 5) is 0.302. The van der Waals surface area contributed by atoms with Gasteiger partial charge in [-0.25, -0.2) is 12.7 Å². The first-order valence-corrected chi connectivity index (χ1v) is 8.68. The van der Waals surface area contributed by atoms with E-state index >= 15 is 0 Å². The zero-order valence-electron chi connectivity index (χ0n) is 12.6. The minimum Gasteiger partial charge on any atom is -0.309 e. The van der Waals surface area contributed by atoms with E-state index in [1.54, 1.807) is 12.1 Å². The molecule has 2 aromatic carbocycles. The molecule has 4 nitrogen and oxygen atoms in total. The van der Waals surface area contributed by atoms with E-state index in [4.69, 9.17) is 11.6 Å². The third kappa shape index (κ3) is 4.30. The quantitative estimate of drug-likeness (QED) is 0.881. The largest absolute Gasteiger partial charge is 0.309 e. The highest BCUT2D eigenvalue weighted by molar-refractivity contribution is 7.89. The van der Waals surface area contributed by atoms with Crippen LogP contribution in [0.25, 0.3) is 0 Å². The van der Waals surface area contributed by atoms with E-state index < -0.39 is 10.0 Å². The van der Waals surface area contributed by atoms with Crippen molar-refractivity contribution in [2.45, 2.75) is 18.0 Å². The second-order valence-electron chi connectivity index (χ2n) is 5.16. The lowest BCUT2D eigenvalue weighted by atomic mass is 10.2. The highest BCUT2D eigenvalue weighted by Crippen LogP contribution is 2.14. The van der Waals surface area contributed by atoms with Crippen LogP contribution in [0.4, 0.5) is 0 Å². The first-order chi connectivity index (χ1) is 10.4. The number of hydrogen-bond donors (Lipinski definition) is 1. The van der Waals surface area contributed by atoms with E-state index in [1.807, 2.05) is 36.4 Å². The van der Waals surface area contributed by atoms with Crippen LogP contribution in [0.2, 0.25) is 5.02 Å². The van der Waals surface area contributed by atoms with E-state index in [1.165, 1.54) is 18.4 Å². The van der Waals surface area contributed by atoms with E-state index in [-0.39, 0.29) is 0 Å². The summed E-state index contributed by atoms with van der Waals surface area (Å²) in [5, 5.41) is 4.03. The lowest BCUT2D eigenvalue weighted by molar-refractivity contribution is 0.520. The van der Waals surface area contributed by atoms with Gasteiger partial charge >= 0.3 is 0 Å². The minimum atomic E-state index is -3.36. The van der Waals surface area contributed by atoms with Crippen LogP contribution >= 0.6 is 11.6 Å². The Morgan fingerprint density at radius 2 is 1.64 bits per heavy atom. The second-order valence-corrected chi connectivity index (χ2v) is 7.75. The molecule has 0 unspecified atom stereocenters. The van der Waals surface area contributed by atoms with Gasteiger partial charge in [-0.15, -0.1) is 0 Å². The second kappa shape index (κ2) is 7.24. The molecule has 22 heavy (non-hydrogen) atoms. The summed E-state index contributed by atoms with van der Waals surface area (Å²) in [5.74, 6) is 0. The standard InChI is InChI=1S/C16H19ClN2O2S/c1-19(2)22(20,21)16-8-6-13(7-9-16)11-18-12-14-4-3-5-15(17)10-14/h3-10,18H,11-12H2,1-2H3. The van der Waals surface area contributed by atoms with Crippen molar-refractivity contribution in [1.82, 2.24) is 9.62 Å². The average Bonchev–Trinajstić information content (AvgIpc) is 2.48. The van der Waals surface area contributed by atoms with E-state index in [0.29, 0.717) is 18.0 Å². The third-order valence-electron chi connectivity index (χ3n) is 3.25. The normalized spacial score (nSPS) is 11.8. The van der Waals surface area contributed by atoms with Crippen molar-refractivity contribution in [2.75, 3.05) is 14.1 Å². The third-order valence-corrected chi connectivity index (χ3v) is 5.31. The van der Waals surface area contributed by atoms with Crippen molar-refractivity contribution >= 4 is 21.6 Å². The van der Waals surface area contributed by atoms with Crippen LogP contribution in [0.5, 0.6) is 0 Å². The molecule has 0 radical (unpaired) electrons. The highest BCUT2D eigenvalue weighted by atomic mass is 35.5. The molecule has 2 aromatic rings. The number of nitrogens with zero attached hydrogens (tertiary/aromatic N) is 1. The molecule has 0 atom stereocenters. The van der Waals surface area contributed by atoms with Crippen LogP contribution in [0.15, 0.2) is 53.4 Å². The first-order valence-electron chi connectivity index (χ1n) is 6.86. The molecule has 0 aliphatic heterocycles. The van der Waals surface area contributed by atoms with Gasteiger partial charge in [-0.05, 0) is 35.4 Å². The molecule has 0 bridgehead atoms. The molecule has 118 valence electrons. The van der Waals surface area contributed by atoms with Crippen LogP contribution < -0.4 is 5.32 Å². The maximum Gasteiger partial charge on any atom is 0.242 e. The molecular weight excluding hydrogens is 320 g/mol. The Labute approximate surface area is 136 Å². The molecular formula is C16H19ClN2O2S. The zero-order valence-corrected chi connectivity index (χ0v) is 14.2. The molecule has 0 spiro atoms. The molecule has 0 saturated heterocycles. The number of nitrogens with one attached hydrogen (secondary N) is 1. The number of hydrogen-bond acceptors (Lipinski definition) is 3. The van der Waals surface area contributed by atoms with Gasteiger partial charge in [0.1, 0.15) is 0 Å². The Morgan fingerprint density at radius 1 is 1.00 bits per heavy atom. The van der Waals surface area contributed by atoms with E-state index in [2.05, 4.69) is 5.32 Å². The van der Waals surface area contributed by atoms with Gasteiger partial charge in [0.05, 0.1) is 4.90 Å². The summed E-state index contributed by atoms with van der Waals surface area (Å²) in [6.45, 7) is 1.37. The Bertz CT molecular complexity index is 728. The number of sulfonamides is 1. The lowest BCUT2D eigenvalue weighted by Crippen LogP contribution is -2.22. The molecule has 0 aliphatic carbocycles. The summed E-state index contributed by atoms with van der Waals surface area (Å²) in [6.07, 6.45) is 0. The Morgan fingerprint density at radius 3 is 2.23 bits per heavy atom. The predicted octanol–water partition coefficient (Wildman–Crippen LogP) is 2.88. The zero-order chi connectivity index (χ0) is 16.2. The predicted molar refractivity (Wildman–Crippen MR) is 89.3 cm³/mol. The maximum atomic E-state index is 12.0. The van der Waals surface area contributed by atoms with Crippen LogP contribution in [-0.4, -0.2) is 26.8 Å². The van der Waals surface area contributed by atoms with Crippen molar-refractivity contribution in [1.29, 1.82) is 0 Å². The molecule has 0 aromatic heterocycles. The van der Waals surface area contributed by atoms with Gasteiger partial charge in [0.25, 0.3) is 0 Å². The molecule has 0 aliphatic rings. The SMILES string of the molecule is CN(C)S(=O)(=O)c1ccc(CNCc2cccc(Cl)c2)cc1. The van der Waals surface area contributed by atoms with Gasteiger partial charge in [0.15, 0.2) is 0 Å². The van der Waals surface area contributed by atoms with Gasteiger partial charge in [-0.3, -0.25) is 0 Å². The minimum absolute atomic E-state index is 0.302. The van der Waals surface area contributed by atoms with Crippen molar-refractivity contribution in [3.8, 4) is 0 Å². The smallest absolute Gasteiger partial charge is 0.242 e. The molecule has 0 saturated carbocycles. The summed E-state index contributed by atoms with van der Waals surface area (Å²) in [6, 6.07) is 14.6. The summed E-state index contributed by atoms with van der Waals surface area (Å²) in [5.41, 5.74) is 2.14. The molecule has 6 heteroatoms. The van der Waals surface area contributed by atoms with E-state index in [9.17, 15) is 8.42 Å². The van der Waals surface area contributed by atoms with Gasteiger partial charge < -0.3 is 5.32 Å². The Kier molecular flexibility index (Phi) is 5.58. The molecule has 0 fully saturated rings. The van der Waals surface area contributed by atoms with E-state index in [0.717, 1.165) is 16.1 Å². The van der Waals surface area contributed by atoms with Crippen molar-refractivity contribution in [3.63, 3.8) is 0 Å². The van der Waals surface area contributed by atoms with Gasteiger partial charge in [0, 0.05) is 32.2 Å². The number of benzene rings is 2. The summed E-state index contributed by atoms with van der Waals surface area (Å²) >= 11 is 5.94. The summed E-state index contributed by atoms with van der Waals surface area (Å²) in [7, 11) is -0.316. The van der Waals surface area contributed by atoms with Crippen LogP contribution in [0, 0.1) is 0 Å². The van der Waals surface area contributed by atoms with Gasteiger partial charge in [0.2, 0.25) is 10.0 Å². The fraction of sp³-hybridized carbons (Fsp3) is 0.250. The van der Waals surface area contributed by atoms with Gasteiger partial charge in [-0.2, -0.15) is 0 Å². The van der Waals surface area contributed by atoms with Gasteiger partial charge in [-0.1, -0.05) is 35.9 Å². The molecule has 1 N–H and O–H groups in total. The average molecular weight is 339 g/mol. The lowest BCUT2D eigenvalue weighted by Gasteiger charge is -2.12. The first kappa shape index (κ1) is 17.0. The monoisotopic (exact) mass is 338 g/mol. The van der Waals surface area contributed by atoms with Crippen LogP contribution in [0.3, 0.4) is 0 Å². The maximum absolute atomic E-state index is 12.0. The summed E-state index contributed by atoms with van der Waals surface area (Å²) < 4.78 is 25.2. The molecule has 2 rings (SSSR count). The van der Waals surface area contributed by atoms with Crippen LogP contribution in [-0.2, 0) is 23.1 Å². The Balaban J connectivity index is 1.95. The molecule has 0 amide bonds. The fourth-order valence-corrected chi connectivity index (χ4v) is 3.10. The topological polar surface area (TPSA) is 49.4 Å². The Hall–Kier alpha value is -1.40. The van der Waals surface area contributed by atoms with Crippen molar-refractivity contribution in [2.24, 2.45) is 0 Å². The van der Waals surface area contributed by atoms with Crippen LogP contribution in [0.1, 0.15) is 11.1 Å². The molecule has 0 heterocycles. The highest BCUT2D eigenvalue weighted by Gasteiger charge is 2.16. The van der Waals surface area contributed by atoms with Crippen molar-refractivity contribution in [3.05, 3.63) is 64.7 Å². The number of rotatable bonds is 6.